The first-order valence-corrected chi connectivity index (χ1v) is 7.14. The van der Waals surface area contributed by atoms with Gasteiger partial charge < -0.3 is 11.1 Å². The highest BCUT2D eigenvalue weighted by Gasteiger charge is 2.12. The van der Waals surface area contributed by atoms with E-state index in [4.69, 9.17) is 17.3 Å². The van der Waals surface area contributed by atoms with Gasteiger partial charge in [0.15, 0.2) is 0 Å². The molecule has 1 amide bonds. The predicted octanol–water partition coefficient (Wildman–Crippen LogP) is 2.38. The molecule has 2 rings (SSSR count). The van der Waals surface area contributed by atoms with Crippen molar-refractivity contribution in [3.63, 3.8) is 0 Å². The summed E-state index contributed by atoms with van der Waals surface area (Å²) < 4.78 is 1.53. The number of amides is 1. The van der Waals surface area contributed by atoms with Crippen molar-refractivity contribution in [2.75, 3.05) is 5.32 Å². The van der Waals surface area contributed by atoms with Crippen LogP contribution in [0.3, 0.4) is 0 Å². The van der Waals surface area contributed by atoms with E-state index in [0.29, 0.717) is 22.8 Å². The van der Waals surface area contributed by atoms with Crippen molar-refractivity contribution in [1.29, 1.82) is 0 Å². The standard InChI is InChI=1S/C14H18ClN5O/c1-10(16)4-2-7-13(21)19-12-6-3-5-11(15)14(12)20-9-17-8-18-20/h3,5-6,8-10H,2,4,7,16H2,1H3,(H,19,21). The average Bonchev–Trinajstić information content (AvgIpc) is 2.92. The van der Waals surface area contributed by atoms with E-state index >= 15 is 0 Å². The Hall–Kier alpha value is -1.92. The van der Waals surface area contributed by atoms with Gasteiger partial charge in [0.1, 0.15) is 18.3 Å². The van der Waals surface area contributed by atoms with Crippen LogP contribution < -0.4 is 11.1 Å². The van der Waals surface area contributed by atoms with Gasteiger partial charge in [-0.1, -0.05) is 17.7 Å². The van der Waals surface area contributed by atoms with Gasteiger partial charge in [-0.2, -0.15) is 5.10 Å². The van der Waals surface area contributed by atoms with Gasteiger partial charge in [-0.15, -0.1) is 0 Å². The van der Waals surface area contributed by atoms with Crippen molar-refractivity contribution >= 4 is 23.2 Å². The highest BCUT2D eigenvalue weighted by atomic mass is 35.5. The summed E-state index contributed by atoms with van der Waals surface area (Å²) in [7, 11) is 0. The number of para-hydroxylation sites is 1. The average molecular weight is 308 g/mol. The molecule has 0 aliphatic carbocycles. The molecule has 0 bridgehead atoms. The van der Waals surface area contributed by atoms with Gasteiger partial charge in [0.25, 0.3) is 0 Å². The van der Waals surface area contributed by atoms with Gasteiger partial charge in [0.05, 0.1) is 10.7 Å². The third kappa shape index (κ3) is 4.27. The van der Waals surface area contributed by atoms with Crippen LogP contribution in [0.2, 0.25) is 5.02 Å². The van der Waals surface area contributed by atoms with Crippen LogP contribution in [0, 0.1) is 0 Å². The molecular weight excluding hydrogens is 290 g/mol. The maximum Gasteiger partial charge on any atom is 0.224 e. The summed E-state index contributed by atoms with van der Waals surface area (Å²) >= 11 is 6.19. The SMILES string of the molecule is CC(N)CCCC(=O)Nc1cccc(Cl)c1-n1cncn1. The van der Waals surface area contributed by atoms with Crippen LogP contribution in [0.4, 0.5) is 5.69 Å². The number of aromatic nitrogens is 3. The Balaban J connectivity index is 2.10. The third-order valence-corrected chi connectivity index (χ3v) is 3.28. The number of carbonyl (C=O) groups is 1. The van der Waals surface area contributed by atoms with Crippen LogP contribution in [0.5, 0.6) is 0 Å². The zero-order valence-corrected chi connectivity index (χ0v) is 12.5. The second-order valence-electron chi connectivity index (χ2n) is 4.89. The third-order valence-electron chi connectivity index (χ3n) is 2.97. The number of carbonyl (C=O) groups excluding carboxylic acids is 1. The second kappa shape index (κ2) is 7.19. The summed E-state index contributed by atoms with van der Waals surface area (Å²) in [5, 5.41) is 7.41. The summed E-state index contributed by atoms with van der Waals surface area (Å²) in [4.78, 5) is 15.9. The Labute approximate surface area is 128 Å². The Morgan fingerprint density at radius 3 is 3.00 bits per heavy atom. The zero-order valence-electron chi connectivity index (χ0n) is 11.8. The van der Waals surface area contributed by atoms with Gasteiger partial charge >= 0.3 is 0 Å². The van der Waals surface area contributed by atoms with Crippen LogP contribution in [-0.2, 0) is 4.79 Å². The molecule has 1 aromatic carbocycles. The molecule has 0 fully saturated rings. The quantitative estimate of drug-likeness (QED) is 0.858. The van der Waals surface area contributed by atoms with Crippen LogP contribution in [-0.4, -0.2) is 26.7 Å². The van der Waals surface area contributed by atoms with Crippen molar-refractivity contribution in [2.24, 2.45) is 5.73 Å². The molecule has 0 saturated carbocycles. The van der Waals surface area contributed by atoms with Gasteiger partial charge in [-0.3, -0.25) is 4.79 Å². The smallest absolute Gasteiger partial charge is 0.224 e. The molecule has 7 heteroatoms. The highest BCUT2D eigenvalue weighted by molar-refractivity contribution is 6.33. The molecule has 0 saturated heterocycles. The summed E-state index contributed by atoms with van der Waals surface area (Å²) in [6.07, 6.45) is 4.94. The van der Waals surface area contributed by atoms with Gasteiger partial charge in [-0.05, 0) is 31.9 Å². The van der Waals surface area contributed by atoms with Gasteiger partial charge in [0, 0.05) is 12.5 Å². The second-order valence-corrected chi connectivity index (χ2v) is 5.30. The lowest BCUT2D eigenvalue weighted by Crippen LogP contribution is -2.17. The first kappa shape index (κ1) is 15.5. The maximum absolute atomic E-state index is 12.0. The monoisotopic (exact) mass is 307 g/mol. The molecule has 0 aliphatic rings. The van der Waals surface area contributed by atoms with Crippen molar-refractivity contribution < 1.29 is 4.79 Å². The van der Waals surface area contributed by atoms with E-state index in [9.17, 15) is 4.79 Å². The van der Waals surface area contributed by atoms with Crippen molar-refractivity contribution in [1.82, 2.24) is 14.8 Å². The number of nitrogens with one attached hydrogen (secondary N) is 1. The van der Waals surface area contributed by atoms with Crippen molar-refractivity contribution in [3.05, 3.63) is 35.9 Å². The molecule has 1 aromatic heterocycles. The number of nitrogens with two attached hydrogens (primary N) is 1. The maximum atomic E-state index is 12.0. The number of anilines is 1. The minimum atomic E-state index is -0.0701. The van der Waals surface area contributed by atoms with E-state index in [2.05, 4.69) is 15.4 Å². The molecule has 0 aliphatic heterocycles. The Morgan fingerprint density at radius 2 is 2.33 bits per heavy atom. The molecule has 2 aromatic rings. The first-order chi connectivity index (χ1) is 10.1. The van der Waals surface area contributed by atoms with E-state index in [1.165, 1.54) is 17.3 Å². The Morgan fingerprint density at radius 1 is 1.52 bits per heavy atom. The minimum absolute atomic E-state index is 0.0701. The lowest BCUT2D eigenvalue weighted by Gasteiger charge is -2.12. The fourth-order valence-electron chi connectivity index (χ4n) is 1.97. The van der Waals surface area contributed by atoms with Gasteiger partial charge in [-0.25, -0.2) is 9.67 Å². The van der Waals surface area contributed by atoms with Crippen molar-refractivity contribution in [3.8, 4) is 5.69 Å². The van der Waals surface area contributed by atoms with Crippen LogP contribution in [0.15, 0.2) is 30.9 Å². The molecule has 1 atom stereocenters. The Kier molecular flexibility index (Phi) is 5.30. The van der Waals surface area contributed by atoms with Crippen LogP contribution >= 0.6 is 11.6 Å². The van der Waals surface area contributed by atoms with Crippen LogP contribution in [0.1, 0.15) is 26.2 Å². The zero-order chi connectivity index (χ0) is 15.2. The van der Waals surface area contributed by atoms with E-state index < -0.39 is 0 Å². The number of benzene rings is 1. The largest absolute Gasteiger partial charge is 0.328 e. The minimum Gasteiger partial charge on any atom is -0.328 e. The summed E-state index contributed by atoms with van der Waals surface area (Å²) in [6.45, 7) is 1.93. The van der Waals surface area contributed by atoms with Gasteiger partial charge in [0.2, 0.25) is 5.91 Å². The molecular formula is C14H18ClN5O. The molecule has 6 nitrogen and oxygen atoms in total. The van der Waals surface area contributed by atoms with E-state index in [-0.39, 0.29) is 11.9 Å². The predicted molar refractivity (Wildman–Crippen MR) is 82.5 cm³/mol. The molecule has 112 valence electrons. The Bertz CT molecular complexity index is 597. The first-order valence-electron chi connectivity index (χ1n) is 6.77. The normalized spacial score (nSPS) is 12.1. The lowest BCUT2D eigenvalue weighted by atomic mass is 10.1. The molecule has 0 spiro atoms. The number of hydrogen-bond acceptors (Lipinski definition) is 4. The molecule has 1 unspecified atom stereocenters. The number of nitrogens with zero attached hydrogens (tertiary/aromatic N) is 3. The summed E-state index contributed by atoms with van der Waals surface area (Å²) in [5.74, 6) is -0.0701. The van der Waals surface area contributed by atoms with Crippen molar-refractivity contribution in [2.45, 2.75) is 32.2 Å². The fraction of sp³-hybridized carbons (Fsp3) is 0.357. The van der Waals surface area contributed by atoms with E-state index in [0.717, 1.165) is 12.8 Å². The topological polar surface area (TPSA) is 85.8 Å². The summed E-state index contributed by atoms with van der Waals surface area (Å²) in [5.41, 5.74) is 6.89. The fourth-order valence-corrected chi connectivity index (χ4v) is 2.23. The lowest BCUT2D eigenvalue weighted by molar-refractivity contribution is -0.116. The summed E-state index contributed by atoms with van der Waals surface area (Å²) in [6, 6.07) is 5.41. The molecule has 21 heavy (non-hydrogen) atoms. The van der Waals surface area contributed by atoms with E-state index in [1.807, 2.05) is 6.92 Å². The number of rotatable bonds is 6. The molecule has 1 heterocycles. The van der Waals surface area contributed by atoms with E-state index in [1.54, 1.807) is 18.2 Å². The molecule has 3 N–H and O–H groups in total. The highest BCUT2D eigenvalue weighted by Crippen LogP contribution is 2.27. The number of hydrogen-bond donors (Lipinski definition) is 2. The number of halogens is 1. The van der Waals surface area contributed by atoms with Crippen LogP contribution in [0.25, 0.3) is 5.69 Å². The molecule has 0 radical (unpaired) electrons.